The number of ketones is 1. The second-order valence-electron chi connectivity index (χ2n) is 5.80. The molecule has 0 spiro atoms. The summed E-state index contributed by atoms with van der Waals surface area (Å²) < 4.78 is 23.7. The molecule has 2 unspecified atom stereocenters. The second kappa shape index (κ2) is 5.56. The standard InChI is InChI=1S/C15H21NO3S/c1-10-4-6-13(8-10)16-14-9-12(11(2)17)5-7-15(14)20(3,18)19/h5,7,9-10,13,16H,4,6,8H2,1-3H3. The number of carbonyl (C=O) groups excluding carboxylic acids is 1. The Balaban J connectivity index is 2.36. The molecule has 0 aromatic heterocycles. The Hall–Kier alpha value is -1.36. The molecule has 20 heavy (non-hydrogen) atoms. The molecule has 1 aromatic carbocycles. The van der Waals surface area contributed by atoms with E-state index in [4.69, 9.17) is 0 Å². The van der Waals surface area contributed by atoms with Crippen LogP contribution >= 0.6 is 0 Å². The van der Waals surface area contributed by atoms with E-state index in [1.54, 1.807) is 12.1 Å². The van der Waals surface area contributed by atoms with Gasteiger partial charge in [0.2, 0.25) is 0 Å². The summed E-state index contributed by atoms with van der Waals surface area (Å²) in [6.45, 7) is 3.68. The Labute approximate surface area is 120 Å². The minimum absolute atomic E-state index is 0.0621. The minimum atomic E-state index is -3.30. The highest BCUT2D eigenvalue weighted by atomic mass is 32.2. The quantitative estimate of drug-likeness (QED) is 0.868. The van der Waals surface area contributed by atoms with Gasteiger partial charge in [0.05, 0.1) is 10.6 Å². The van der Waals surface area contributed by atoms with E-state index >= 15 is 0 Å². The molecule has 4 nitrogen and oxygen atoms in total. The van der Waals surface area contributed by atoms with Crippen molar-refractivity contribution in [3.8, 4) is 0 Å². The van der Waals surface area contributed by atoms with Crippen molar-refractivity contribution in [2.45, 2.75) is 44.0 Å². The lowest BCUT2D eigenvalue weighted by atomic mass is 10.1. The third-order valence-electron chi connectivity index (χ3n) is 3.84. The van der Waals surface area contributed by atoms with Gasteiger partial charge in [-0.2, -0.15) is 0 Å². The highest BCUT2D eigenvalue weighted by Crippen LogP contribution is 2.30. The maximum absolute atomic E-state index is 11.8. The second-order valence-corrected chi connectivity index (χ2v) is 7.78. The topological polar surface area (TPSA) is 63.2 Å². The van der Waals surface area contributed by atoms with Crippen molar-refractivity contribution in [1.82, 2.24) is 0 Å². The molecule has 0 bridgehead atoms. The summed E-state index contributed by atoms with van der Waals surface area (Å²) in [5, 5.41) is 3.31. The summed E-state index contributed by atoms with van der Waals surface area (Å²) in [6.07, 6.45) is 4.42. The Morgan fingerprint density at radius 2 is 2.00 bits per heavy atom. The summed E-state index contributed by atoms with van der Waals surface area (Å²) in [5.41, 5.74) is 1.09. The molecule has 0 aliphatic heterocycles. The zero-order valence-corrected chi connectivity index (χ0v) is 13.0. The van der Waals surface area contributed by atoms with Crippen LogP contribution in [0.15, 0.2) is 23.1 Å². The lowest BCUT2D eigenvalue weighted by Gasteiger charge is -2.17. The van der Waals surface area contributed by atoms with Crippen LogP contribution in [0.1, 0.15) is 43.5 Å². The molecule has 110 valence electrons. The molecule has 2 rings (SSSR count). The first-order valence-corrected chi connectivity index (χ1v) is 8.78. The molecule has 0 heterocycles. The number of nitrogens with one attached hydrogen (secondary N) is 1. The molecular weight excluding hydrogens is 274 g/mol. The van der Waals surface area contributed by atoms with Crippen LogP contribution in [0.4, 0.5) is 5.69 Å². The Morgan fingerprint density at radius 3 is 2.50 bits per heavy atom. The van der Waals surface area contributed by atoms with E-state index in [-0.39, 0.29) is 16.7 Å². The average molecular weight is 295 g/mol. The van der Waals surface area contributed by atoms with Gasteiger partial charge in [0, 0.05) is 17.9 Å². The number of hydrogen-bond donors (Lipinski definition) is 1. The number of rotatable bonds is 4. The maximum atomic E-state index is 11.8. The van der Waals surface area contributed by atoms with Crippen LogP contribution in [0.5, 0.6) is 0 Å². The van der Waals surface area contributed by atoms with E-state index in [0.29, 0.717) is 17.2 Å². The van der Waals surface area contributed by atoms with Crippen LogP contribution in [0.2, 0.25) is 0 Å². The molecule has 1 aliphatic carbocycles. The lowest BCUT2D eigenvalue weighted by Crippen LogP contribution is -2.18. The molecule has 1 saturated carbocycles. The molecule has 1 N–H and O–H groups in total. The van der Waals surface area contributed by atoms with Crippen molar-refractivity contribution in [2.75, 3.05) is 11.6 Å². The van der Waals surface area contributed by atoms with E-state index in [1.165, 1.54) is 19.2 Å². The molecule has 0 radical (unpaired) electrons. The summed E-state index contributed by atoms with van der Waals surface area (Å²) in [5.74, 6) is 0.595. The number of anilines is 1. The van der Waals surface area contributed by atoms with Gasteiger partial charge in [-0.1, -0.05) is 6.92 Å². The van der Waals surface area contributed by atoms with Gasteiger partial charge in [0.15, 0.2) is 15.6 Å². The van der Waals surface area contributed by atoms with Gasteiger partial charge >= 0.3 is 0 Å². The van der Waals surface area contributed by atoms with Crippen molar-refractivity contribution in [3.63, 3.8) is 0 Å². The molecule has 0 saturated heterocycles. The molecule has 2 atom stereocenters. The molecule has 1 fully saturated rings. The maximum Gasteiger partial charge on any atom is 0.177 e. The predicted molar refractivity (Wildman–Crippen MR) is 80.0 cm³/mol. The monoisotopic (exact) mass is 295 g/mol. The molecule has 0 amide bonds. The summed E-state index contributed by atoms with van der Waals surface area (Å²) in [4.78, 5) is 11.7. The van der Waals surface area contributed by atoms with Crippen LogP contribution in [0.3, 0.4) is 0 Å². The summed E-state index contributed by atoms with van der Waals surface area (Å²) >= 11 is 0. The van der Waals surface area contributed by atoms with Gasteiger partial charge in [0.1, 0.15) is 0 Å². The predicted octanol–water partition coefficient (Wildman–Crippen LogP) is 2.89. The van der Waals surface area contributed by atoms with Gasteiger partial charge in [-0.3, -0.25) is 4.79 Å². The number of sulfone groups is 1. The third kappa shape index (κ3) is 3.39. The van der Waals surface area contributed by atoms with Crippen molar-refractivity contribution < 1.29 is 13.2 Å². The zero-order valence-electron chi connectivity index (χ0n) is 12.1. The lowest BCUT2D eigenvalue weighted by molar-refractivity contribution is 0.101. The van der Waals surface area contributed by atoms with Gasteiger partial charge < -0.3 is 5.32 Å². The smallest absolute Gasteiger partial charge is 0.177 e. The zero-order chi connectivity index (χ0) is 14.9. The first kappa shape index (κ1) is 15.0. The fourth-order valence-electron chi connectivity index (χ4n) is 2.74. The molecular formula is C15H21NO3S. The highest BCUT2D eigenvalue weighted by molar-refractivity contribution is 7.90. The van der Waals surface area contributed by atoms with E-state index in [9.17, 15) is 13.2 Å². The van der Waals surface area contributed by atoms with Gasteiger partial charge in [-0.25, -0.2) is 8.42 Å². The van der Waals surface area contributed by atoms with E-state index in [2.05, 4.69) is 12.2 Å². The van der Waals surface area contributed by atoms with Crippen LogP contribution in [0.25, 0.3) is 0 Å². The normalized spacial score (nSPS) is 22.8. The highest BCUT2D eigenvalue weighted by Gasteiger charge is 2.23. The average Bonchev–Trinajstić information content (AvgIpc) is 2.73. The Morgan fingerprint density at radius 1 is 1.30 bits per heavy atom. The Kier molecular flexibility index (Phi) is 4.18. The molecule has 1 aromatic rings. The number of hydrogen-bond acceptors (Lipinski definition) is 4. The van der Waals surface area contributed by atoms with E-state index in [1.807, 2.05) is 0 Å². The number of Topliss-reactive ketones (excluding diaryl/α,β-unsaturated/α-hetero) is 1. The van der Waals surface area contributed by atoms with E-state index < -0.39 is 9.84 Å². The first-order valence-electron chi connectivity index (χ1n) is 6.89. The van der Waals surface area contributed by atoms with Gasteiger partial charge in [0.25, 0.3) is 0 Å². The fourth-order valence-corrected chi connectivity index (χ4v) is 3.58. The third-order valence-corrected chi connectivity index (χ3v) is 4.99. The van der Waals surface area contributed by atoms with Gasteiger partial charge in [-0.05, 0) is 50.3 Å². The minimum Gasteiger partial charge on any atom is -0.381 e. The molecule has 1 aliphatic rings. The number of carbonyl (C=O) groups is 1. The SMILES string of the molecule is CC(=O)c1ccc(S(C)(=O)=O)c(NC2CCC(C)C2)c1. The van der Waals surface area contributed by atoms with Crippen LogP contribution in [-0.4, -0.2) is 26.5 Å². The first-order chi connectivity index (χ1) is 9.27. The van der Waals surface area contributed by atoms with Crippen LogP contribution < -0.4 is 5.32 Å². The number of benzene rings is 1. The van der Waals surface area contributed by atoms with Gasteiger partial charge in [-0.15, -0.1) is 0 Å². The molecule has 5 heteroatoms. The van der Waals surface area contributed by atoms with Crippen molar-refractivity contribution in [3.05, 3.63) is 23.8 Å². The fraction of sp³-hybridized carbons (Fsp3) is 0.533. The largest absolute Gasteiger partial charge is 0.381 e. The van der Waals surface area contributed by atoms with Crippen LogP contribution in [-0.2, 0) is 9.84 Å². The summed E-state index contributed by atoms with van der Waals surface area (Å²) in [6, 6.07) is 5.03. The van der Waals surface area contributed by atoms with Crippen LogP contribution in [0, 0.1) is 5.92 Å². The van der Waals surface area contributed by atoms with Crippen molar-refractivity contribution >= 4 is 21.3 Å². The van der Waals surface area contributed by atoms with Crippen molar-refractivity contribution in [1.29, 1.82) is 0 Å². The van der Waals surface area contributed by atoms with E-state index in [0.717, 1.165) is 19.3 Å². The summed E-state index contributed by atoms with van der Waals surface area (Å²) in [7, 11) is -3.30. The van der Waals surface area contributed by atoms with Crippen molar-refractivity contribution in [2.24, 2.45) is 5.92 Å². The Bertz CT molecular complexity index is 622.